The molecule has 0 bridgehead atoms. The monoisotopic (exact) mass is 303 g/mol. The number of urea groups is 1. The third-order valence-electron chi connectivity index (χ3n) is 3.25. The first-order valence-electron chi connectivity index (χ1n) is 6.96. The highest BCUT2D eigenvalue weighted by Crippen LogP contribution is 2.30. The van der Waals surface area contributed by atoms with Crippen molar-refractivity contribution in [3.8, 4) is 11.5 Å². The highest BCUT2D eigenvalue weighted by atomic mass is 16.6. The number of carbonyl (C=O) groups is 1. The number of ether oxygens (including phenoxy) is 2. The fraction of sp³-hybridized carbons (Fsp3) is 0.333. The molecule has 0 radical (unpaired) electrons. The van der Waals surface area contributed by atoms with E-state index in [4.69, 9.17) is 14.0 Å². The summed E-state index contributed by atoms with van der Waals surface area (Å²) in [6, 6.07) is 8.85. The van der Waals surface area contributed by atoms with E-state index in [0.29, 0.717) is 30.5 Å². The summed E-state index contributed by atoms with van der Waals surface area (Å²) in [5.74, 6) is 2.45. The minimum Gasteiger partial charge on any atom is -0.486 e. The molecule has 3 rings (SSSR count). The Morgan fingerprint density at radius 2 is 2.18 bits per heavy atom. The van der Waals surface area contributed by atoms with E-state index in [2.05, 4.69) is 10.5 Å². The lowest BCUT2D eigenvalue weighted by molar-refractivity contribution is 0.0731. The maximum absolute atomic E-state index is 12.1. The van der Waals surface area contributed by atoms with Crippen LogP contribution in [-0.4, -0.2) is 42.4 Å². The van der Waals surface area contributed by atoms with Gasteiger partial charge in [0.1, 0.15) is 12.4 Å². The summed E-state index contributed by atoms with van der Waals surface area (Å²) in [4.78, 5) is 13.6. The summed E-state index contributed by atoms with van der Waals surface area (Å²) in [5, 5.41) is 6.38. The van der Waals surface area contributed by atoms with Gasteiger partial charge < -0.3 is 18.9 Å². The molecule has 1 aliphatic rings. The molecular formula is C15H17N3O4. The average Bonchev–Trinajstić information content (AvgIpc) is 2.92. The van der Waals surface area contributed by atoms with Gasteiger partial charge in [-0.3, -0.25) is 5.32 Å². The number of carbonyl (C=O) groups excluding carboxylic acids is 1. The maximum Gasteiger partial charge on any atom is 0.322 e. The Kier molecular flexibility index (Phi) is 3.86. The molecule has 7 nitrogen and oxygen atoms in total. The van der Waals surface area contributed by atoms with Crippen molar-refractivity contribution in [2.75, 3.05) is 25.5 Å². The molecule has 116 valence electrons. The highest BCUT2D eigenvalue weighted by molar-refractivity contribution is 5.88. The summed E-state index contributed by atoms with van der Waals surface area (Å²) in [6.07, 6.45) is -0.218. The van der Waals surface area contributed by atoms with Crippen molar-refractivity contribution < 1.29 is 18.8 Å². The van der Waals surface area contributed by atoms with Crippen LogP contribution < -0.4 is 14.8 Å². The van der Waals surface area contributed by atoms with Crippen LogP contribution in [0.1, 0.15) is 5.76 Å². The van der Waals surface area contributed by atoms with E-state index >= 15 is 0 Å². The number of fused-ring (bicyclic) bond motifs is 1. The third-order valence-corrected chi connectivity index (χ3v) is 3.25. The lowest BCUT2D eigenvalue weighted by Crippen LogP contribution is -2.43. The molecule has 1 atom stereocenters. The van der Waals surface area contributed by atoms with Crippen LogP contribution >= 0.6 is 0 Å². The Hall–Kier alpha value is -2.70. The molecule has 2 aromatic rings. The highest BCUT2D eigenvalue weighted by Gasteiger charge is 2.24. The largest absolute Gasteiger partial charge is 0.486 e. The fourth-order valence-corrected chi connectivity index (χ4v) is 2.17. The number of rotatable bonds is 3. The van der Waals surface area contributed by atoms with Gasteiger partial charge >= 0.3 is 6.03 Å². The number of nitrogens with zero attached hydrogens (tertiary/aromatic N) is 2. The third kappa shape index (κ3) is 3.13. The Balaban J connectivity index is 1.56. The molecule has 2 heterocycles. The van der Waals surface area contributed by atoms with Crippen LogP contribution in [0.25, 0.3) is 0 Å². The molecule has 1 N–H and O–H groups in total. The van der Waals surface area contributed by atoms with E-state index in [9.17, 15) is 4.79 Å². The van der Waals surface area contributed by atoms with Gasteiger partial charge in [-0.25, -0.2) is 4.79 Å². The van der Waals surface area contributed by atoms with Crippen LogP contribution in [0.4, 0.5) is 10.6 Å². The first-order chi connectivity index (χ1) is 10.6. The second-order valence-electron chi connectivity index (χ2n) is 5.13. The number of para-hydroxylation sites is 2. The van der Waals surface area contributed by atoms with Crippen molar-refractivity contribution >= 4 is 11.8 Å². The summed E-state index contributed by atoms with van der Waals surface area (Å²) < 4.78 is 16.4. The Labute approximate surface area is 127 Å². The lowest BCUT2D eigenvalue weighted by atomic mass is 10.2. The number of amides is 2. The average molecular weight is 303 g/mol. The predicted octanol–water partition coefficient (Wildman–Crippen LogP) is 2.29. The number of benzene rings is 1. The molecule has 1 aromatic heterocycles. The van der Waals surface area contributed by atoms with E-state index in [1.54, 1.807) is 20.0 Å². The second kappa shape index (κ2) is 5.97. The van der Waals surface area contributed by atoms with Crippen LogP contribution in [-0.2, 0) is 0 Å². The smallest absolute Gasteiger partial charge is 0.322 e. The van der Waals surface area contributed by atoms with Crippen molar-refractivity contribution in [3.05, 3.63) is 36.1 Å². The standard InChI is InChI=1S/C15H17N3O4/c1-10-7-14(17-22-10)16-15(19)18(2)8-11-9-20-12-5-3-4-6-13(12)21-11/h3-7,11H,8-9H2,1-2H3,(H,16,17,19)/t11-/m1/s1. The number of likely N-dealkylation sites (N-methyl/N-ethyl adjacent to an activating group) is 1. The minimum atomic E-state index is -0.282. The van der Waals surface area contributed by atoms with Crippen LogP contribution in [0.5, 0.6) is 11.5 Å². The molecule has 7 heteroatoms. The van der Waals surface area contributed by atoms with Gasteiger partial charge in [-0.15, -0.1) is 0 Å². The summed E-state index contributed by atoms with van der Waals surface area (Å²) in [7, 11) is 1.69. The zero-order valence-corrected chi connectivity index (χ0v) is 12.4. The van der Waals surface area contributed by atoms with Crippen LogP contribution in [0.3, 0.4) is 0 Å². The minimum absolute atomic E-state index is 0.218. The van der Waals surface area contributed by atoms with Crippen molar-refractivity contribution in [1.29, 1.82) is 0 Å². The van der Waals surface area contributed by atoms with Gasteiger partial charge in [-0.1, -0.05) is 17.3 Å². The number of nitrogens with one attached hydrogen (secondary N) is 1. The van der Waals surface area contributed by atoms with Gasteiger partial charge in [0.15, 0.2) is 23.4 Å². The molecule has 0 saturated carbocycles. The van der Waals surface area contributed by atoms with Crippen molar-refractivity contribution in [3.63, 3.8) is 0 Å². The molecule has 0 spiro atoms. The predicted molar refractivity (Wildman–Crippen MR) is 79.2 cm³/mol. The zero-order chi connectivity index (χ0) is 15.5. The SMILES string of the molecule is Cc1cc(NC(=O)N(C)C[C@@H]2COc3ccccc3O2)no1. The normalized spacial score (nSPS) is 16.2. The Bertz CT molecular complexity index is 670. The van der Waals surface area contributed by atoms with Gasteiger partial charge in [-0.05, 0) is 19.1 Å². The first-order valence-corrected chi connectivity index (χ1v) is 6.96. The zero-order valence-electron chi connectivity index (χ0n) is 12.4. The number of anilines is 1. The van der Waals surface area contributed by atoms with E-state index in [1.165, 1.54) is 4.90 Å². The van der Waals surface area contributed by atoms with Gasteiger partial charge in [0, 0.05) is 13.1 Å². The van der Waals surface area contributed by atoms with Crippen molar-refractivity contribution in [2.45, 2.75) is 13.0 Å². The number of hydrogen-bond acceptors (Lipinski definition) is 5. The summed E-state index contributed by atoms with van der Waals surface area (Å²) in [6.45, 7) is 2.56. The van der Waals surface area contributed by atoms with E-state index in [1.807, 2.05) is 24.3 Å². The number of aromatic nitrogens is 1. The van der Waals surface area contributed by atoms with Crippen molar-refractivity contribution in [1.82, 2.24) is 10.1 Å². The molecule has 0 fully saturated rings. The van der Waals surface area contributed by atoms with Gasteiger partial charge in [-0.2, -0.15) is 0 Å². The van der Waals surface area contributed by atoms with E-state index < -0.39 is 0 Å². The molecule has 0 saturated heterocycles. The molecular weight excluding hydrogens is 286 g/mol. The Morgan fingerprint density at radius 1 is 1.41 bits per heavy atom. The summed E-state index contributed by atoms with van der Waals surface area (Å²) in [5.41, 5.74) is 0. The maximum atomic E-state index is 12.1. The molecule has 1 aliphatic heterocycles. The van der Waals surface area contributed by atoms with E-state index in [0.717, 1.165) is 5.75 Å². The quantitative estimate of drug-likeness (QED) is 0.941. The number of hydrogen-bond donors (Lipinski definition) is 1. The molecule has 0 unspecified atom stereocenters. The van der Waals surface area contributed by atoms with Gasteiger partial charge in [0.25, 0.3) is 0 Å². The first kappa shape index (κ1) is 14.2. The molecule has 1 aromatic carbocycles. The Morgan fingerprint density at radius 3 is 2.91 bits per heavy atom. The molecule has 0 aliphatic carbocycles. The summed E-state index contributed by atoms with van der Waals surface area (Å²) >= 11 is 0. The lowest BCUT2D eigenvalue weighted by Gasteiger charge is -2.29. The second-order valence-corrected chi connectivity index (χ2v) is 5.13. The van der Waals surface area contributed by atoms with Gasteiger partial charge in [0.05, 0.1) is 6.54 Å². The van der Waals surface area contributed by atoms with Crippen LogP contribution in [0.2, 0.25) is 0 Å². The fourth-order valence-electron chi connectivity index (χ4n) is 2.17. The van der Waals surface area contributed by atoms with Crippen molar-refractivity contribution in [2.24, 2.45) is 0 Å². The van der Waals surface area contributed by atoms with Crippen LogP contribution in [0, 0.1) is 6.92 Å². The van der Waals surface area contributed by atoms with E-state index in [-0.39, 0.29) is 12.1 Å². The molecule has 22 heavy (non-hydrogen) atoms. The van der Waals surface area contributed by atoms with Crippen LogP contribution in [0.15, 0.2) is 34.9 Å². The molecule has 2 amide bonds. The topological polar surface area (TPSA) is 76.8 Å². The van der Waals surface area contributed by atoms with Gasteiger partial charge in [0.2, 0.25) is 0 Å². The number of aryl methyl sites for hydroxylation is 1.